The van der Waals surface area contributed by atoms with Crippen molar-refractivity contribution in [1.82, 2.24) is 5.32 Å². The molecular formula is C22H23BrN4O3. The number of carbonyl (C=O) groups excluding carboxylic acids is 2. The highest BCUT2D eigenvalue weighted by atomic mass is 79.9. The number of rotatable bonds is 4. The highest BCUT2D eigenvalue weighted by Crippen LogP contribution is 2.33. The van der Waals surface area contributed by atoms with Crippen molar-refractivity contribution in [3.8, 4) is 5.75 Å². The van der Waals surface area contributed by atoms with Crippen LogP contribution in [0.5, 0.6) is 5.75 Å². The van der Waals surface area contributed by atoms with E-state index in [2.05, 4.69) is 26.2 Å². The predicted molar refractivity (Wildman–Crippen MR) is 121 cm³/mol. The number of hydrogen-bond acceptors (Lipinski definition) is 4. The van der Waals surface area contributed by atoms with Gasteiger partial charge in [0.05, 0.1) is 5.69 Å². The molecule has 0 saturated carbocycles. The monoisotopic (exact) mass is 470 g/mol. The van der Waals surface area contributed by atoms with E-state index in [1.54, 1.807) is 26.1 Å². The summed E-state index contributed by atoms with van der Waals surface area (Å²) in [7, 11) is 1.64. The Bertz CT molecular complexity index is 1000. The summed E-state index contributed by atoms with van der Waals surface area (Å²) in [6, 6.07) is 13.7. The molecule has 3 rings (SSSR count). The molecule has 8 heteroatoms. The zero-order valence-corrected chi connectivity index (χ0v) is 18.3. The van der Waals surface area contributed by atoms with Gasteiger partial charge in [-0.2, -0.15) is 4.99 Å². The van der Waals surface area contributed by atoms with Gasteiger partial charge in [-0.15, -0.1) is 0 Å². The highest BCUT2D eigenvalue weighted by molar-refractivity contribution is 9.10. The second kappa shape index (κ2) is 9.58. The highest BCUT2D eigenvalue weighted by Gasteiger charge is 2.30. The Morgan fingerprint density at radius 3 is 2.77 bits per heavy atom. The molecule has 1 aliphatic heterocycles. The third-order valence-corrected chi connectivity index (χ3v) is 5.28. The fourth-order valence-electron chi connectivity index (χ4n) is 3.10. The summed E-state index contributed by atoms with van der Waals surface area (Å²) in [6.07, 6.45) is 2.00. The van der Waals surface area contributed by atoms with Crippen LogP contribution in [0.1, 0.15) is 12.5 Å². The number of fused-ring (bicyclic) bond motifs is 1. The normalized spacial score (nSPS) is 17.1. The summed E-state index contributed by atoms with van der Waals surface area (Å²) in [5, 5.41) is 2.64. The van der Waals surface area contributed by atoms with E-state index in [0.717, 1.165) is 15.6 Å². The van der Waals surface area contributed by atoms with Gasteiger partial charge in [0.25, 0.3) is 5.91 Å². The van der Waals surface area contributed by atoms with Gasteiger partial charge in [0.1, 0.15) is 18.4 Å². The summed E-state index contributed by atoms with van der Waals surface area (Å²) < 4.78 is 6.56. The van der Waals surface area contributed by atoms with Gasteiger partial charge in [-0.25, -0.2) is 4.79 Å². The van der Waals surface area contributed by atoms with Crippen LogP contribution in [0.3, 0.4) is 0 Å². The molecule has 0 radical (unpaired) electrons. The molecule has 3 amide bonds. The number of benzene rings is 2. The van der Waals surface area contributed by atoms with Gasteiger partial charge in [-0.05, 0) is 42.5 Å². The number of nitrogens with zero attached hydrogens (tertiary/aromatic N) is 2. The molecule has 1 aliphatic rings. The van der Waals surface area contributed by atoms with E-state index in [9.17, 15) is 9.59 Å². The molecule has 2 aromatic carbocycles. The summed E-state index contributed by atoms with van der Waals surface area (Å²) in [5.74, 6) is 0.286. The van der Waals surface area contributed by atoms with Crippen LogP contribution >= 0.6 is 15.9 Å². The minimum atomic E-state index is -0.857. The number of carbonyl (C=O) groups is 2. The first kappa shape index (κ1) is 21.6. The van der Waals surface area contributed by atoms with Crippen LogP contribution in [0.4, 0.5) is 10.5 Å². The van der Waals surface area contributed by atoms with Crippen molar-refractivity contribution in [3.05, 3.63) is 70.3 Å². The Kier molecular flexibility index (Phi) is 6.89. The Morgan fingerprint density at radius 2 is 2.07 bits per heavy atom. The topological polar surface area (TPSA) is 97.0 Å². The van der Waals surface area contributed by atoms with E-state index in [0.29, 0.717) is 23.6 Å². The van der Waals surface area contributed by atoms with Gasteiger partial charge in [-0.1, -0.05) is 46.3 Å². The molecular weight excluding hydrogens is 448 g/mol. The maximum atomic E-state index is 12.8. The number of aliphatic imine (C=N–C) groups is 1. The molecule has 2 aromatic rings. The van der Waals surface area contributed by atoms with Gasteiger partial charge in [-0.3, -0.25) is 4.79 Å². The number of ether oxygens (including phenoxy) is 1. The average Bonchev–Trinajstić information content (AvgIpc) is 2.85. The SMILES string of the molecule is CC(=N\C(=O)N[C@H]1COc2ccc(Br)cc2N(C)C1=O)/C(=C\N)Cc1ccccc1. The van der Waals surface area contributed by atoms with Crippen LogP contribution in [0.25, 0.3) is 0 Å². The number of halogens is 1. The van der Waals surface area contributed by atoms with Crippen LogP contribution in [-0.4, -0.2) is 37.3 Å². The molecule has 0 bridgehead atoms. The maximum absolute atomic E-state index is 12.8. The molecule has 7 nitrogen and oxygen atoms in total. The Hall–Kier alpha value is -3.13. The minimum Gasteiger partial charge on any atom is -0.489 e. The first-order valence-corrected chi connectivity index (χ1v) is 10.2. The van der Waals surface area contributed by atoms with E-state index in [1.807, 2.05) is 36.4 Å². The van der Waals surface area contributed by atoms with Gasteiger partial charge < -0.3 is 20.7 Å². The second-order valence-electron chi connectivity index (χ2n) is 6.87. The standard InChI is InChI=1S/C22H23BrN4O3/c1-14(16(12-24)10-15-6-4-3-5-7-15)25-22(29)26-18-13-30-20-9-8-17(23)11-19(20)27(2)21(18)28/h3-9,11-12,18H,10,13,24H2,1-2H3,(H,26,29)/b16-12-,25-14+/t18-/m0/s1. The van der Waals surface area contributed by atoms with Crippen molar-refractivity contribution < 1.29 is 14.3 Å². The van der Waals surface area contributed by atoms with E-state index in [4.69, 9.17) is 10.5 Å². The maximum Gasteiger partial charge on any atom is 0.341 e. The van der Waals surface area contributed by atoms with E-state index in [1.165, 1.54) is 11.1 Å². The molecule has 1 heterocycles. The van der Waals surface area contributed by atoms with Crippen molar-refractivity contribution in [3.63, 3.8) is 0 Å². The molecule has 0 unspecified atom stereocenters. The number of urea groups is 1. The molecule has 0 aromatic heterocycles. The smallest absolute Gasteiger partial charge is 0.341 e. The zero-order valence-electron chi connectivity index (χ0n) is 16.8. The Balaban J connectivity index is 1.70. The van der Waals surface area contributed by atoms with E-state index < -0.39 is 12.1 Å². The summed E-state index contributed by atoms with van der Waals surface area (Å²) in [5.41, 5.74) is 8.65. The number of allylic oxidation sites excluding steroid dienone is 1. The van der Waals surface area contributed by atoms with Crippen LogP contribution in [0.2, 0.25) is 0 Å². The Labute approximate surface area is 183 Å². The number of anilines is 1. The van der Waals surface area contributed by atoms with Crippen LogP contribution in [0.15, 0.2) is 69.8 Å². The number of amides is 3. The average molecular weight is 471 g/mol. The summed E-state index contributed by atoms with van der Waals surface area (Å²) >= 11 is 3.39. The summed E-state index contributed by atoms with van der Waals surface area (Å²) in [6.45, 7) is 1.73. The predicted octanol–water partition coefficient (Wildman–Crippen LogP) is 3.43. The molecule has 0 spiro atoms. The van der Waals surface area contributed by atoms with E-state index in [-0.39, 0.29) is 12.5 Å². The molecule has 3 N–H and O–H groups in total. The van der Waals surface area contributed by atoms with Crippen LogP contribution in [0, 0.1) is 0 Å². The first-order chi connectivity index (χ1) is 14.4. The fourth-order valence-corrected chi connectivity index (χ4v) is 3.45. The van der Waals surface area contributed by atoms with Crippen LogP contribution < -0.4 is 20.7 Å². The van der Waals surface area contributed by atoms with Crippen molar-refractivity contribution >= 4 is 39.3 Å². The van der Waals surface area contributed by atoms with Crippen molar-refractivity contribution in [1.29, 1.82) is 0 Å². The lowest BCUT2D eigenvalue weighted by molar-refractivity contribution is -0.120. The number of hydrogen-bond donors (Lipinski definition) is 2. The van der Waals surface area contributed by atoms with Gasteiger partial charge in [0.2, 0.25) is 0 Å². The minimum absolute atomic E-state index is 0.0156. The molecule has 0 saturated heterocycles. The lowest BCUT2D eigenvalue weighted by Gasteiger charge is -2.20. The van der Waals surface area contributed by atoms with Crippen LogP contribution in [-0.2, 0) is 11.2 Å². The second-order valence-corrected chi connectivity index (χ2v) is 7.79. The zero-order chi connectivity index (χ0) is 21.7. The molecule has 0 fully saturated rings. The first-order valence-electron chi connectivity index (χ1n) is 9.40. The lowest BCUT2D eigenvalue weighted by atomic mass is 10.0. The largest absolute Gasteiger partial charge is 0.489 e. The van der Waals surface area contributed by atoms with Gasteiger partial charge in [0, 0.05) is 23.7 Å². The summed E-state index contributed by atoms with van der Waals surface area (Å²) in [4.78, 5) is 30.8. The van der Waals surface area contributed by atoms with Crippen molar-refractivity contribution in [2.75, 3.05) is 18.6 Å². The quantitative estimate of drug-likeness (QED) is 0.668. The third-order valence-electron chi connectivity index (χ3n) is 4.79. The van der Waals surface area contributed by atoms with Gasteiger partial charge in [0.15, 0.2) is 0 Å². The lowest BCUT2D eigenvalue weighted by Crippen LogP contribution is -2.48. The Morgan fingerprint density at radius 1 is 1.33 bits per heavy atom. The number of nitrogens with one attached hydrogen (secondary N) is 1. The van der Waals surface area contributed by atoms with Crippen molar-refractivity contribution in [2.24, 2.45) is 10.7 Å². The van der Waals surface area contributed by atoms with Gasteiger partial charge >= 0.3 is 6.03 Å². The fraction of sp³-hybridized carbons (Fsp3) is 0.227. The number of likely N-dealkylation sites (N-methyl/N-ethyl adjacent to an activating group) is 1. The molecule has 30 heavy (non-hydrogen) atoms. The molecule has 0 aliphatic carbocycles. The molecule has 156 valence electrons. The third kappa shape index (κ3) is 5.07. The van der Waals surface area contributed by atoms with E-state index >= 15 is 0 Å². The number of nitrogens with two attached hydrogens (primary N) is 1. The van der Waals surface area contributed by atoms with Crippen molar-refractivity contribution in [2.45, 2.75) is 19.4 Å². The molecule has 1 atom stereocenters.